The van der Waals surface area contributed by atoms with Crippen molar-refractivity contribution in [2.24, 2.45) is 0 Å². The number of carboxylic acids is 1. The van der Waals surface area contributed by atoms with Crippen molar-refractivity contribution in [2.45, 2.75) is 25.7 Å². The van der Waals surface area contributed by atoms with Crippen LogP contribution >= 0.6 is 11.6 Å². The highest BCUT2D eigenvalue weighted by molar-refractivity contribution is 6.31. The van der Waals surface area contributed by atoms with E-state index in [0.717, 1.165) is 0 Å². The highest BCUT2D eigenvalue weighted by atomic mass is 35.5. The summed E-state index contributed by atoms with van der Waals surface area (Å²) in [6.45, 7) is 3.37. The first-order valence-corrected chi connectivity index (χ1v) is 5.41. The Kier molecular flexibility index (Phi) is 3.98. The van der Waals surface area contributed by atoms with Gasteiger partial charge in [0.25, 0.3) is 0 Å². The third kappa shape index (κ3) is 2.88. The van der Waals surface area contributed by atoms with Crippen LogP contribution in [0.25, 0.3) is 0 Å². The van der Waals surface area contributed by atoms with E-state index >= 15 is 0 Å². The first-order valence-electron chi connectivity index (χ1n) is 5.04. The number of carboxylic acid groups (broad SMARTS) is 1. The van der Waals surface area contributed by atoms with E-state index in [0.29, 0.717) is 10.6 Å². The number of ether oxygens (including phenoxy) is 1. The highest BCUT2D eigenvalue weighted by Crippen LogP contribution is 2.40. The fraction of sp³-hybridized carbons (Fsp3) is 0.417. The normalized spacial score (nSPS) is 11.4. The molecule has 0 aliphatic heterocycles. The van der Waals surface area contributed by atoms with Crippen molar-refractivity contribution in [3.8, 4) is 5.75 Å². The fourth-order valence-corrected chi connectivity index (χ4v) is 2.23. The highest BCUT2D eigenvalue weighted by Gasteiger charge is 2.31. The van der Waals surface area contributed by atoms with E-state index < -0.39 is 17.2 Å². The molecule has 0 aliphatic rings. The summed E-state index contributed by atoms with van der Waals surface area (Å²) in [5, 5.41) is 9.16. The van der Waals surface area contributed by atoms with Crippen molar-refractivity contribution in [1.82, 2.24) is 0 Å². The minimum absolute atomic E-state index is 0.00347. The molecular weight excluding hydrogens is 247 g/mol. The summed E-state index contributed by atoms with van der Waals surface area (Å²) in [4.78, 5) is 10.8. The van der Waals surface area contributed by atoms with Crippen LogP contribution in [0, 0.1) is 5.82 Å². The van der Waals surface area contributed by atoms with Crippen LogP contribution in [0.5, 0.6) is 5.75 Å². The zero-order valence-corrected chi connectivity index (χ0v) is 10.6. The molecule has 0 aromatic heterocycles. The van der Waals surface area contributed by atoms with E-state index in [9.17, 15) is 9.18 Å². The summed E-state index contributed by atoms with van der Waals surface area (Å²) in [6.07, 6.45) is -0.160. The van der Waals surface area contributed by atoms with Gasteiger partial charge < -0.3 is 9.84 Å². The lowest BCUT2D eigenvalue weighted by Gasteiger charge is -2.26. The Balaban J connectivity index is 3.38. The van der Waals surface area contributed by atoms with Crippen molar-refractivity contribution < 1.29 is 19.0 Å². The first-order chi connectivity index (χ1) is 7.79. The zero-order chi connectivity index (χ0) is 13.2. The average Bonchev–Trinajstić information content (AvgIpc) is 2.18. The van der Waals surface area contributed by atoms with Gasteiger partial charge in [-0.3, -0.25) is 4.79 Å². The number of methoxy groups -OCH3 is 1. The van der Waals surface area contributed by atoms with Crippen LogP contribution in [0.15, 0.2) is 12.1 Å². The summed E-state index contributed by atoms with van der Waals surface area (Å²) in [7, 11) is 1.33. The number of hydrogen-bond acceptors (Lipinski definition) is 2. The molecular formula is C12H14ClFO3. The van der Waals surface area contributed by atoms with Crippen LogP contribution < -0.4 is 4.74 Å². The molecule has 17 heavy (non-hydrogen) atoms. The Hall–Kier alpha value is -1.29. The average molecular weight is 261 g/mol. The Bertz CT molecular complexity index is 444. The maximum atomic E-state index is 13.6. The molecule has 94 valence electrons. The predicted octanol–water partition coefficient (Wildman–Crippen LogP) is 3.24. The maximum absolute atomic E-state index is 13.6. The van der Waals surface area contributed by atoms with E-state index in [1.165, 1.54) is 19.2 Å². The Morgan fingerprint density at radius 1 is 1.53 bits per heavy atom. The summed E-state index contributed by atoms with van der Waals surface area (Å²) in [5.41, 5.74) is -0.430. The van der Waals surface area contributed by atoms with Crippen LogP contribution in [-0.4, -0.2) is 18.2 Å². The van der Waals surface area contributed by atoms with Crippen molar-refractivity contribution >= 4 is 17.6 Å². The van der Waals surface area contributed by atoms with Gasteiger partial charge in [-0.05, 0) is 12.1 Å². The molecule has 0 saturated carbocycles. The quantitative estimate of drug-likeness (QED) is 0.904. The van der Waals surface area contributed by atoms with Gasteiger partial charge in [-0.15, -0.1) is 0 Å². The van der Waals surface area contributed by atoms with Gasteiger partial charge in [0.1, 0.15) is 0 Å². The molecule has 0 unspecified atom stereocenters. The largest absolute Gasteiger partial charge is 0.493 e. The second kappa shape index (κ2) is 4.92. The molecule has 1 aromatic carbocycles. The summed E-state index contributed by atoms with van der Waals surface area (Å²) >= 11 is 6.01. The molecule has 1 N–H and O–H groups in total. The first kappa shape index (κ1) is 13.8. The SMILES string of the molecule is COc1c(F)ccc(Cl)c1C(C)(C)CC(=O)O. The molecule has 0 amide bonds. The van der Waals surface area contributed by atoms with Gasteiger partial charge in [-0.1, -0.05) is 25.4 Å². The molecule has 0 heterocycles. The van der Waals surface area contributed by atoms with E-state index in [1.807, 2.05) is 0 Å². The third-order valence-corrected chi connectivity index (χ3v) is 2.85. The summed E-state index contributed by atoms with van der Waals surface area (Å²) < 4.78 is 18.5. The van der Waals surface area contributed by atoms with Crippen molar-refractivity contribution in [3.63, 3.8) is 0 Å². The molecule has 0 bridgehead atoms. The van der Waals surface area contributed by atoms with Gasteiger partial charge in [-0.2, -0.15) is 0 Å². The standard InChI is InChI=1S/C12H14ClFO3/c1-12(2,6-9(15)16)10-7(13)4-5-8(14)11(10)17-3/h4-5H,6H2,1-3H3,(H,15,16). The second-order valence-electron chi connectivity index (χ2n) is 4.39. The van der Waals surface area contributed by atoms with Crippen molar-refractivity contribution in [2.75, 3.05) is 7.11 Å². The lowest BCUT2D eigenvalue weighted by molar-refractivity contribution is -0.138. The van der Waals surface area contributed by atoms with E-state index in [1.54, 1.807) is 13.8 Å². The van der Waals surface area contributed by atoms with Crippen molar-refractivity contribution in [3.05, 3.63) is 28.5 Å². The van der Waals surface area contributed by atoms with Gasteiger partial charge in [0.05, 0.1) is 13.5 Å². The van der Waals surface area contributed by atoms with E-state index in [4.69, 9.17) is 21.4 Å². The monoisotopic (exact) mass is 260 g/mol. The topological polar surface area (TPSA) is 46.5 Å². The molecule has 0 spiro atoms. The Morgan fingerprint density at radius 3 is 2.59 bits per heavy atom. The molecule has 0 fully saturated rings. The van der Waals surface area contributed by atoms with Crippen LogP contribution in [-0.2, 0) is 10.2 Å². The Labute approximate surface area is 104 Å². The minimum Gasteiger partial charge on any atom is -0.493 e. The van der Waals surface area contributed by atoms with Gasteiger partial charge >= 0.3 is 5.97 Å². The third-order valence-electron chi connectivity index (χ3n) is 2.53. The number of benzene rings is 1. The molecule has 1 aromatic rings. The molecule has 3 nitrogen and oxygen atoms in total. The molecule has 0 aliphatic carbocycles. The number of rotatable bonds is 4. The molecule has 5 heteroatoms. The summed E-state index contributed by atoms with van der Waals surface area (Å²) in [6, 6.07) is 2.60. The van der Waals surface area contributed by atoms with Gasteiger partial charge in [-0.25, -0.2) is 4.39 Å². The van der Waals surface area contributed by atoms with Crippen LogP contribution in [0.4, 0.5) is 4.39 Å². The van der Waals surface area contributed by atoms with E-state index in [2.05, 4.69) is 0 Å². The van der Waals surface area contributed by atoms with Crippen LogP contribution in [0.3, 0.4) is 0 Å². The number of hydrogen-bond donors (Lipinski definition) is 1. The lowest BCUT2D eigenvalue weighted by Crippen LogP contribution is -2.23. The minimum atomic E-state index is -0.975. The van der Waals surface area contributed by atoms with Crippen LogP contribution in [0.2, 0.25) is 5.02 Å². The Morgan fingerprint density at radius 2 is 2.12 bits per heavy atom. The van der Waals surface area contributed by atoms with Crippen molar-refractivity contribution in [1.29, 1.82) is 0 Å². The second-order valence-corrected chi connectivity index (χ2v) is 4.80. The van der Waals surface area contributed by atoms with Gasteiger partial charge in [0, 0.05) is 16.0 Å². The van der Waals surface area contributed by atoms with E-state index in [-0.39, 0.29) is 12.2 Å². The van der Waals surface area contributed by atoms with Gasteiger partial charge in [0.2, 0.25) is 0 Å². The number of halogens is 2. The smallest absolute Gasteiger partial charge is 0.304 e. The number of aliphatic carboxylic acids is 1. The predicted molar refractivity (Wildman–Crippen MR) is 63.2 cm³/mol. The maximum Gasteiger partial charge on any atom is 0.304 e. The summed E-state index contributed by atoms with van der Waals surface area (Å²) in [5.74, 6) is -1.52. The molecule has 0 atom stereocenters. The lowest BCUT2D eigenvalue weighted by atomic mass is 9.81. The fourth-order valence-electron chi connectivity index (χ4n) is 1.83. The van der Waals surface area contributed by atoms with Crippen LogP contribution in [0.1, 0.15) is 25.8 Å². The molecule has 0 saturated heterocycles. The number of carbonyl (C=O) groups is 1. The molecule has 1 rings (SSSR count). The molecule has 0 radical (unpaired) electrons. The van der Waals surface area contributed by atoms with Gasteiger partial charge in [0.15, 0.2) is 11.6 Å². The zero-order valence-electron chi connectivity index (χ0n) is 9.88.